The Hall–Kier alpha value is -3.37. The average molecular weight is 521 g/mol. The summed E-state index contributed by atoms with van der Waals surface area (Å²) in [4.78, 5) is 50.6. The molecular weight excluding hydrogens is 488 g/mol. The molecule has 2 saturated heterocycles. The van der Waals surface area contributed by atoms with Crippen LogP contribution in [0, 0.1) is 5.92 Å². The molecule has 2 aliphatic heterocycles. The molecule has 1 aromatic carbocycles. The third kappa shape index (κ3) is 5.50. The van der Waals surface area contributed by atoms with Gasteiger partial charge in [-0.2, -0.15) is 0 Å². The lowest BCUT2D eigenvalue weighted by molar-refractivity contribution is -0.146. The highest BCUT2D eigenvalue weighted by atomic mass is 32.1. The van der Waals surface area contributed by atoms with E-state index >= 15 is 0 Å². The molecule has 0 radical (unpaired) electrons. The Kier molecular flexibility index (Phi) is 7.21. The first-order chi connectivity index (χ1) is 17.8. The van der Waals surface area contributed by atoms with Crippen molar-refractivity contribution in [2.75, 3.05) is 32.0 Å². The summed E-state index contributed by atoms with van der Waals surface area (Å²) >= 11 is 1.76. The molecule has 2 aliphatic rings. The highest BCUT2D eigenvalue weighted by Gasteiger charge is 2.34. The second kappa shape index (κ2) is 10.5. The number of amides is 3. The third-order valence-corrected chi connectivity index (χ3v) is 8.63. The van der Waals surface area contributed by atoms with Gasteiger partial charge in [0, 0.05) is 18.7 Å². The standard InChI is InChI=1S/C27H32N6O3S/c1-16-3-5-22(33(15-16)27(36)25(35)30-20-11-19(24(28)34)13-29-14-20)18-4-6-23-21(12-18)31-26(37-23)17-7-9-32(2)10-8-17/h4,6,11-14,16-17,22H,3,5,7-10,15H2,1-2H3,(H2,28,34)(H,30,35)/t16-,22+/m0/s1. The van der Waals surface area contributed by atoms with Crippen LogP contribution >= 0.6 is 11.3 Å². The molecule has 37 heavy (non-hydrogen) atoms. The van der Waals surface area contributed by atoms with E-state index in [1.807, 2.05) is 0 Å². The maximum absolute atomic E-state index is 13.3. The molecule has 0 unspecified atom stereocenters. The lowest BCUT2D eigenvalue weighted by Crippen LogP contribution is -2.46. The topological polar surface area (TPSA) is 122 Å². The SMILES string of the molecule is C[C@H]1CC[C@H](c2ccc3sc(C4CCN(C)CC4)nc3c2)N(C(=O)C(=O)Nc2cncc(C(N)=O)c2)C1. The second-order valence-corrected chi connectivity index (χ2v) is 11.4. The van der Waals surface area contributed by atoms with Crippen LogP contribution in [-0.2, 0) is 9.59 Å². The number of primary amides is 1. The van der Waals surface area contributed by atoms with Gasteiger partial charge in [0.2, 0.25) is 5.91 Å². The number of likely N-dealkylation sites (tertiary alicyclic amines) is 2. The smallest absolute Gasteiger partial charge is 0.313 e. The zero-order chi connectivity index (χ0) is 26.1. The summed E-state index contributed by atoms with van der Waals surface area (Å²) in [5.41, 5.74) is 7.67. The number of carbonyl (C=O) groups is 3. The van der Waals surface area contributed by atoms with Gasteiger partial charge in [-0.1, -0.05) is 13.0 Å². The number of aromatic nitrogens is 2. The van der Waals surface area contributed by atoms with Gasteiger partial charge in [-0.15, -0.1) is 11.3 Å². The highest BCUT2D eigenvalue weighted by Crippen LogP contribution is 2.38. The number of thiazole rings is 1. The Labute approximate surface area is 220 Å². The highest BCUT2D eigenvalue weighted by molar-refractivity contribution is 7.18. The molecule has 9 nitrogen and oxygen atoms in total. The first-order valence-corrected chi connectivity index (χ1v) is 13.6. The van der Waals surface area contributed by atoms with Crippen LogP contribution in [-0.4, -0.2) is 64.2 Å². The molecule has 2 atom stereocenters. The Balaban J connectivity index is 1.36. The van der Waals surface area contributed by atoms with Crippen molar-refractivity contribution >= 4 is 45.0 Å². The quantitative estimate of drug-likeness (QED) is 0.508. The fourth-order valence-corrected chi connectivity index (χ4v) is 6.40. The summed E-state index contributed by atoms with van der Waals surface area (Å²) in [5, 5.41) is 3.77. The molecule has 194 valence electrons. The van der Waals surface area contributed by atoms with Crippen molar-refractivity contribution < 1.29 is 14.4 Å². The van der Waals surface area contributed by atoms with Crippen molar-refractivity contribution in [2.24, 2.45) is 11.7 Å². The number of benzene rings is 1. The summed E-state index contributed by atoms with van der Waals surface area (Å²) in [6.45, 7) is 4.76. The molecule has 3 N–H and O–H groups in total. The summed E-state index contributed by atoms with van der Waals surface area (Å²) in [7, 11) is 2.16. The summed E-state index contributed by atoms with van der Waals surface area (Å²) in [6.07, 6.45) is 6.69. The number of anilines is 1. The third-order valence-electron chi connectivity index (χ3n) is 7.43. The van der Waals surface area contributed by atoms with Crippen molar-refractivity contribution in [3.05, 3.63) is 52.8 Å². The predicted octanol–water partition coefficient (Wildman–Crippen LogP) is 3.54. The van der Waals surface area contributed by atoms with Gasteiger partial charge in [0.15, 0.2) is 0 Å². The van der Waals surface area contributed by atoms with Gasteiger partial charge in [-0.05, 0) is 75.5 Å². The van der Waals surface area contributed by atoms with E-state index in [0.717, 1.165) is 54.6 Å². The van der Waals surface area contributed by atoms with Crippen LogP contribution in [0.4, 0.5) is 5.69 Å². The fourth-order valence-electron chi connectivity index (χ4n) is 5.28. The molecule has 0 saturated carbocycles. The number of piperidine rings is 2. The second-order valence-electron chi connectivity index (χ2n) is 10.3. The average Bonchev–Trinajstić information content (AvgIpc) is 3.32. The normalized spacial score (nSPS) is 21.2. The fraction of sp³-hybridized carbons (Fsp3) is 0.444. The van der Waals surface area contributed by atoms with Crippen molar-refractivity contribution in [3.8, 4) is 0 Å². The predicted molar refractivity (Wildman–Crippen MR) is 143 cm³/mol. The molecule has 2 fully saturated rings. The Morgan fingerprint density at radius 2 is 1.86 bits per heavy atom. The summed E-state index contributed by atoms with van der Waals surface area (Å²) in [6, 6.07) is 7.46. The lowest BCUT2D eigenvalue weighted by atomic mass is 9.89. The first-order valence-electron chi connectivity index (χ1n) is 12.7. The minimum absolute atomic E-state index is 0.158. The number of hydrogen-bond acceptors (Lipinski definition) is 7. The zero-order valence-corrected chi connectivity index (χ0v) is 22.0. The molecule has 2 aromatic heterocycles. The van der Waals surface area contributed by atoms with Gasteiger partial charge in [0.1, 0.15) is 0 Å². The number of nitrogens with zero attached hydrogens (tertiary/aromatic N) is 4. The molecule has 4 heterocycles. The minimum Gasteiger partial charge on any atom is -0.366 e. The number of carbonyl (C=O) groups excluding carboxylic acids is 3. The van der Waals surface area contributed by atoms with Gasteiger partial charge in [0.05, 0.1) is 38.7 Å². The zero-order valence-electron chi connectivity index (χ0n) is 21.1. The van der Waals surface area contributed by atoms with Crippen molar-refractivity contribution in [2.45, 2.75) is 44.6 Å². The first kappa shape index (κ1) is 25.3. The van der Waals surface area contributed by atoms with E-state index in [9.17, 15) is 14.4 Å². The van der Waals surface area contributed by atoms with Gasteiger partial charge >= 0.3 is 11.8 Å². The van der Waals surface area contributed by atoms with E-state index in [1.165, 1.54) is 23.5 Å². The van der Waals surface area contributed by atoms with Crippen LogP contribution in [0.1, 0.15) is 65.5 Å². The largest absolute Gasteiger partial charge is 0.366 e. The molecular formula is C27H32N6O3S. The molecule has 0 aliphatic carbocycles. The van der Waals surface area contributed by atoms with E-state index in [4.69, 9.17) is 10.7 Å². The molecule has 0 spiro atoms. The Bertz CT molecular complexity index is 1330. The van der Waals surface area contributed by atoms with E-state index < -0.39 is 17.7 Å². The van der Waals surface area contributed by atoms with E-state index in [-0.39, 0.29) is 23.2 Å². The molecule has 3 amide bonds. The Morgan fingerprint density at radius 3 is 2.62 bits per heavy atom. The number of fused-ring (bicyclic) bond motifs is 1. The van der Waals surface area contributed by atoms with Crippen molar-refractivity contribution in [3.63, 3.8) is 0 Å². The van der Waals surface area contributed by atoms with Crippen LogP contribution < -0.4 is 11.1 Å². The molecule has 10 heteroatoms. The molecule has 5 rings (SSSR count). The summed E-state index contributed by atoms with van der Waals surface area (Å²) < 4.78 is 1.15. The maximum atomic E-state index is 13.3. The van der Waals surface area contributed by atoms with Gasteiger partial charge in [0.25, 0.3) is 0 Å². The van der Waals surface area contributed by atoms with E-state index in [0.29, 0.717) is 12.5 Å². The monoisotopic (exact) mass is 520 g/mol. The van der Waals surface area contributed by atoms with Crippen LogP contribution in [0.5, 0.6) is 0 Å². The summed E-state index contributed by atoms with van der Waals surface area (Å²) in [5.74, 6) is -1.24. The number of pyridine rings is 1. The maximum Gasteiger partial charge on any atom is 0.313 e. The van der Waals surface area contributed by atoms with Crippen LogP contribution in [0.15, 0.2) is 36.7 Å². The van der Waals surface area contributed by atoms with Crippen LogP contribution in [0.3, 0.4) is 0 Å². The van der Waals surface area contributed by atoms with E-state index in [1.54, 1.807) is 16.2 Å². The van der Waals surface area contributed by atoms with Gasteiger partial charge in [-0.25, -0.2) is 4.98 Å². The van der Waals surface area contributed by atoms with Crippen LogP contribution in [0.25, 0.3) is 10.2 Å². The number of nitrogens with one attached hydrogen (secondary N) is 1. The molecule has 0 bridgehead atoms. The van der Waals surface area contributed by atoms with Crippen molar-refractivity contribution in [1.29, 1.82) is 0 Å². The number of hydrogen-bond donors (Lipinski definition) is 2. The lowest BCUT2D eigenvalue weighted by Gasteiger charge is -2.38. The number of nitrogens with two attached hydrogens (primary N) is 1. The van der Waals surface area contributed by atoms with Crippen LogP contribution in [0.2, 0.25) is 0 Å². The number of rotatable bonds is 4. The Morgan fingerprint density at radius 1 is 1.08 bits per heavy atom. The minimum atomic E-state index is -0.762. The van der Waals surface area contributed by atoms with E-state index in [2.05, 4.69) is 47.4 Å². The van der Waals surface area contributed by atoms with Gasteiger partial charge in [-0.3, -0.25) is 19.4 Å². The van der Waals surface area contributed by atoms with Crippen molar-refractivity contribution in [1.82, 2.24) is 19.8 Å². The van der Waals surface area contributed by atoms with Gasteiger partial charge < -0.3 is 20.9 Å². The molecule has 3 aromatic rings.